The molecule has 25 heavy (non-hydrogen) atoms. The third-order valence-electron chi connectivity index (χ3n) is 4.23. The highest BCUT2D eigenvalue weighted by molar-refractivity contribution is 5.80. The molecule has 1 aromatic heterocycles. The van der Waals surface area contributed by atoms with Gasteiger partial charge in [-0.15, -0.1) is 10.2 Å². The van der Waals surface area contributed by atoms with Gasteiger partial charge in [0.1, 0.15) is 12.6 Å². The van der Waals surface area contributed by atoms with Crippen LogP contribution in [0.15, 0.2) is 28.7 Å². The van der Waals surface area contributed by atoms with E-state index in [2.05, 4.69) is 10.2 Å². The van der Waals surface area contributed by atoms with Crippen molar-refractivity contribution in [2.45, 2.75) is 38.3 Å². The van der Waals surface area contributed by atoms with Gasteiger partial charge < -0.3 is 14.1 Å². The number of rotatable bonds is 5. The highest BCUT2D eigenvalue weighted by atomic mass is 19.3. The number of alkyl halides is 2. The number of carbonyl (C=O) groups excluding carboxylic acids is 1. The second-order valence-electron chi connectivity index (χ2n) is 6.17. The summed E-state index contributed by atoms with van der Waals surface area (Å²) in [6, 6.07) is 6.46. The largest absolute Gasteiger partial charge is 0.420 e. The van der Waals surface area contributed by atoms with Crippen molar-refractivity contribution in [1.82, 2.24) is 15.1 Å². The summed E-state index contributed by atoms with van der Waals surface area (Å²) in [7, 11) is 1.46. The number of hydrogen-bond acceptors (Lipinski definition) is 5. The van der Waals surface area contributed by atoms with E-state index in [1.165, 1.54) is 7.11 Å². The molecule has 1 fully saturated rings. The average molecular weight is 351 g/mol. The molecule has 3 rings (SSSR count). The van der Waals surface area contributed by atoms with Gasteiger partial charge >= 0.3 is 0 Å². The summed E-state index contributed by atoms with van der Waals surface area (Å²) in [5.74, 6) is -3.16. The lowest BCUT2D eigenvalue weighted by atomic mass is 10.1. The average Bonchev–Trinajstić information content (AvgIpc) is 3.14. The molecule has 1 amide bonds. The van der Waals surface area contributed by atoms with Crippen molar-refractivity contribution in [2.75, 3.05) is 13.7 Å². The number of halogens is 2. The lowest BCUT2D eigenvalue weighted by Crippen LogP contribution is -2.34. The molecular formula is C17H19F2N3O3. The Labute approximate surface area is 143 Å². The number of ether oxygens (including phenoxy) is 1. The van der Waals surface area contributed by atoms with Crippen molar-refractivity contribution >= 4 is 5.91 Å². The summed E-state index contributed by atoms with van der Waals surface area (Å²) in [4.78, 5) is 13.8. The molecule has 1 aliphatic rings. The van der Waals surface area contributed by atoms with Crippen LogP contribution in [0.2, 0.25) is 0 Å². The molecule has 0 saturated carbocycles. The number of methoxy groups -OCH3 is 1. The van der Waals surface area contributed by atoms with Gasteiger partial charge in [0, 0.05) is 13.5 Å². The first-order valence-electron chi connectivity index (χ1n) is 7.92. The van der Waals surface area contributed by atoms with E-state index in [1.54, 1.807) is 0 Å². The van der Waals surface area contributed by atoms with E-state index in [4.69, 9.17) is 9.15 Å². The molecular weight excluding hydrogens is 332 g/mol. The van der Waals surface area contributed by atoms with Crippen LogP contribution in [0, 0.1) is 6.92 Å². The second kappa shape index (κ2) is 6.87. The Kier molecular flexibility index (Phi) is 4.80. The van der Waals surface area contributed by atoms with Gasteiger partial charge in [0.2, 0.25) is 17.7 Å². The van der Waals surface area contributed by atoms with Crippen LogP contribution >= 0.6 is 0 Å². The van der Waals surface area contributed by atoms with Gasteiger partial charge in [0.05, 0.1) is 13.0 Å². The minimum atomic E-state index is -2.98. The molecule has 0 bridgehead atoms. The first-order valence-corrected chi connectivity index (χ1v) is 7.92. The molecule has 0 aliphatic carbocycles. The van der Waals surface area contributed by atoms with Crippen LogP contribution in [0.25, 0.3) is 0 Å². The monoisotopic (exact) mass is 351 g/mol. The minimum Gasteiger partial charge on any atom is -0.420 e. The maximum atomic E-state index is 14.0. The molecule has 8 heteroatoms. The van der Waals surface area contributed by atoms with Crippen molar-refractivity contribution in [3.63, 3.8) is 0 Å². The highest BCUT2D eigenvalue weighted by Gasteiger charge is 2.49. The standard InChI is InChI=1S/C17H19F2N3O3/c1-11-5-3-4-6-12(11)7-15(23)22-10-17(18,19)8-13(22)16-21-20-14(25-16)9-24-2/h3-6,13H,7-10H2,1-2H3/t13-/m0/s1. The molecule has 2 aromatic rings. The van der Waals surface area contributed by atoms with E-state index in [0.29, 0.717) is 0 Å². The Morgan fingerprint density at radius 2 is 2.16 bits per heavy atom. The van der Waals surface area contributed by atoms with Gasteiger partial charge in [0.15, 0.2) is 0 Å². The molecule has 0 unspecified atom stereocenters. The maximum Gasteiger partial charge on any atom is 0.267 e. The lowest BCUT2D eigenvalue weighted by molar-refractivity contribution is -0.133. The fourth-order valence-corrected chi connectivity index (χ4v) is 2.96. The summed E-state index contributed by atoms with van der Waals surface area (Å²) in [6.45, 7) is 1.32. The van der Waals surface area contributed by atoms with Crippen LogP contribution < -0.4 is 0 Å². The molecule has 0 spiro atoms. The SMILES string of the molecule is COCc1nnc([C@@H]2CC(F)(F)CN2C(=O)Cc2ccccc2C)o1. The van der Waals surface area contributed by atoms with Gasteiger partial charge in [-0.3, -0.25) is 4.79 Å². The number of benzene rings is 1. The molecule has 2 heterocycles. The Morgan fingerprint density at radius 3 is 2.88 bits per heavy atom. The van der Waals surface area contributed by atoms with E-state index >= 15 is 0 Å². The van der Waals surface area contributed by atoms with Crippen molar-refractivity contribution in [1.29, 1.82) is 0 Å². The predicted molar refractivity (Wildman–Crippen MR) is 83.9 cm³/mol. The molecule has 134 valence electrons. The highest BCUT2D eigenvalue weighted by Crippen LogP contribution is 2.40. The van der Waals surface area contributed by atoms with Crippen LogP contribution in [-0.2, 0) is 22.6 Å². The van der Waals surface area contributed by atoms with Crippen LogP contribution in [-0.4, -0.2) is 40.6 Å². The van der Waals surface area contributed by atoms with Crippen molar-refractivity contribution < 1.29 is 22.7 Å². The normalized spacial score (nSPS) is 19.4. The zero-order valence-corrected chi connectivity index (χ0v) is 14.0. The number of amides is 1. The Hall–Kier alpha value is -2.35. The Balaban J connectivity index is 1.81. The van der Waals surface area contributed by atoms with E-state index in [0.717, 1.165) is 16.0 Å². The smallest absolute Gasteiger partial charge is 0.267 e. The third-order valence-corrected chi connectivity index (χ3v) is 4.23. The van der Waals surface area contributed by atoms with Crippen LogP contribution in [0.1, 0.15) is 35.4 Å². The molecule has 1 saturated heterocycles. The molecule has 6 nitrogen and oxygen atoms in total. The molecule has 0 radical (unpaired) electrons. The lowest BCUT2D eigenvalue weighted by Gasteiger charge is -2.21. The predicted octanol–water partition coefficient (Wildman–Crippen LogP) is 2.68. The summed E-state index contributed by atoms with van der Waals surface area (Å²) in [5, 5.41) is 7.58. The summed E-state index contributed by atoms with van der Waals surface area (Å²) in [6.07, 6.45) is -0.473. The van der Waals surface area contributed by atoms with Gasteiger partial charge in [-0.1, -0.05) is 24.3 Å². The second-order valence-corrected chi connectivity index (χ2v) is 6.17. The van der Waals surface area contributed by atoms with Gasteiger partial charge in [-0.25, -0.2) is 8.78 Å². The van der Waals surface area contributed by atoms with Crippen molar-refractivity contribution in [3.8, 4) is 0 Å². The summed E-state index contributed by atoms with van der Waals surface area (Å²) in [5.41, 5.74) is 1.76. The number of aromatic nitrogens is 2. The quantitative estimate of drug-likeness (QED) is 0.828. The molecule has 1 aliphatic heterocycles. The zero-order chi connectivity index (χ0) is 18.0. The maximum absolute atomic E-state index is 14.0. The van der Waals surface area contributed by atoms with Crippen LogP contribution in [0.4, 0.5) is 8.78 Å². The first kappa shape index (κ1) is 17.5. The van der Waals surface area contributed by atoms with Crippen molar-refractivity contribution in [2.24, 2.45) is 0 Å². The molecule has 1 aromatic carbocycles. The summed E-state index contributed by atoms with van der Waals surface area (Å²) < 4.78 is 38.2. The summed E-state index contributed by atoms with van der Waals surface area (Å²) >= 11 is 0. The van der Waals surface area contributed by atoms with E-state index in [1.807, 2.05) is 31.2 Å². The zero-order valence-electron chi connectivity index (χ0n) is 14.0. The Bertz CT molecular complexity index is 763. The van der Waals surface area contributed by atoms with Gasteiger partial charge in [-0.2, -0.15) is 0 Å². The van der Waals surface area contributed by atoms with Gasteiger partial charge in [0.25, 0.3) is 5.92 Å². The number of carbonyl (C=O) groups is 1. The van der Waals surface area contributed by atoms with Crippen LogP contribution in [0.5, 0.6) is 0 Å². The first-order chi connectivity index (χ1) is 11.9. The molecule has 1 atom stereocenters. The third kappa shape index (κ3) is 3.84. The number of likely N-dealkylation sites (tertiary alicyclic amines) is 1. The van der Waals surface area contributed by atoms with Gasteiger partial charge in [-0.05, 0) is 18.1 Å². The van der Waals surface area contributed by atoms with E-state index in [-0.39, 0.29) is 30.7 Å². The fourth-order valence-electron chi connectivity index (χ4n) is 2.96. The fraction of sp³-hybridized carbons (Fsp3) is 0.471. The molecule has 0 N–H and O–H groups in total. The minimum absolute atomic E-state index is 0.0161. The number of hydrogen-bond donors (Lipinski definition) is 0. The number of aryl methyl sites for hydroxylation is 1. The van der Waals surface area contributed by atoms with Crippen LogP contribution in [0.3, 0.4) is 0 Å². The Morgan fingerprint density at radius 1 is 1.40 bits per heavy atom. The van der Waals surface area contributed by atoms with E-state index < -0.39 is 24.9 Å². The van der Waals surface area contributed by atoms with E-state index in [9.17, 15) is 13.6 Å². The topological polar surface area (TPSA) is 68.5 Å². The number of nitrogens with zero attached hydrogens (tertiary/aromatic N) is 3. The van der Waals surface area contributed by atoms with Crippen molar-refractivity contribution in [3.05, 3.63) is 47.2 Å².